The van der Waals surface area contributed by atoms with Gasteiger partial charge in [-0.25, -0.2) is 0 Å². The van der Waals surface area contributed by atoms with E-state index in [0.29, 0.717) is 0 Å². The highest BCUT2D eigenvalue weighted by Gasteiger charge is 2.27. The first kappa shape index (κ1) is 13.8. The summed E-state index contributed by atoms with van der Waals surface area (Å²) in [5.74, 6) is 0. The molecule has 1 aliphatic rings. The molecule has 0 aromatic heterocycles. The molecule has 1 saturated carbocycles. The Balaban J connectivity index is 2.01. The maximum atomic E-state index is 10.7. The first-order valence-corrected chi connectivity index (χ1v) is 6.78. The third kappa shape index (κ3) is 3.44. The lowest BCUT2D eigenvalue weighted by atomic mass is 9.82. The van der Waals surface area contributed by atoms with Crippen LogP contribution in [0, 0.1) is 17.0 Å². The minimum Gasteiger partial charge on any atom is -0.383 e. The lowest BCUT2D eigenvalue weighted by Crippen LogP contribution is -2.47. The first-order valence-electron chi connectivity index (χ1n) is 6.78. The molecule has 19 heavy (non-hydrogen) atoms. The SMILES string of the molecule is Cc1cc([N+](=O)[O-])ccc1NCC1(N)CCCCC1. The second-order valence-corrected chi connectivity index (χ2v) is 5.53. The zero-order valence-corrected chi connectivity index (χ0v) is 11.3. The number of nitrogens with zero attached hydrogens (tertiary/aromatic N) is 1. The van der Waals surface area contributed by atoms with E-state index in [1.807, 2.05) is 6.92 Å². The molecule has 1 fully saturated rings. The number of benzene rings is 1. The Bertz CT molecular complexity index is 468. The van der Waals surface area contributed by atoms with Gasteiger partial charge in [-0.1, -0.05) is 19.3 Å². The first-order chi connectivity index (χ1) is 9.00. The highest BCUT2D eigenvalue weighted by Crippen LogP contribution is 2.27. The van der Waals surface area contributed by atoms with Gasteiger partial charge >= 0.3 is 0 Å². The molecule has 104 valence electrons. The van der Waals surface area contributed by atoms with Crippen LogP contribution < -0.4 is 11.1 Å². The number of non-ortho nitro benzene ring substituents is 1. The average molecular weight is 263 g/mol. The summed E-state index contributed by atoms with van der Waals surface area (Å²) in [7, 11) is 0. The molecule has 0 bridgehead atoms. The molecule has 2 rings (SSSR count). The molecule has 0 unspecified atom stereocenters. The number of anilines is 1. The molecule has 1 aliphatic carbocycles. The van der Waals surface area contributed by atoms with Gasteiger partial charge in [0.15, 0.2) is 0 Å². The molecule has 5 heteroatoms. The van der Waals surface area contributed by atoms with Crippen LogP contribution in [-0.2, 0) is 0 Å². The molecule has 0 spiro atoms. The van der Waals surface area contributed by atoms with Gasteiger partial charge in [-0.3, -0.25) is 10.1 Å². The lowest BCUT2D eigenvalue weighted by molar-refractivity contribution is -0.384. The number of aryl methyl sites for hydroxylation is 1. The van der Waals surface area contributed by atoms with Gasteiger partial charge in [0.2, 0.25) is 0 Å². The van der Waals surface area contributed by atoms with Crippen molar-refractivity contribution in [3.05, 3.63) is 33.9 Å². The van der Waals surface area contributed by atoms with Crippen LogP contribution in [0.1, 0.15) is 37.7 Å². The lowest BCUT2D eigenvalue weighted by Gasteiger charge is -2.34. The normalized spacial score (nSPS) is 18.0. The zero-order chi connectivity index (χ0) is 13.9. The van der Waals surface area contributed by atoms with E-state index >= 15 is 0 Å². The van der Waals surface area contributed by atoms with E-state index in [2.05, 4.69) is 5.32 Å². The van der Waals surface area contributed by atoms with Gasteiger partial charge in [0.1, 0.15) is 0 Å². The number of nitrogens with two attached hydrogens (primary N) is 1. The molecular formula is C14H21N3O2. The Morgan fingerprint density at radius 3 is 2.63 bits per heavy atom. The molecule has 3 N–H and O–H groups in total. The van der Waals surface area contributed by atoms with E-state index in [1.165, 1.54) is 25.3 Å². The van der Waals surface area contributed by atoms with Crippen LogP contribution in [0.3, 0.4) is 0 Å². The van der Waals surface area contributed by atoms with E-state index in [9.17, 15) is 10.1 Å². The summed E-state index contributed by atoms with van der Waals surface area (Å²) in [5, 5.41) is 14.0. The molecule has 0 atom stereocenters. The molecular weight excluding hydrogens is 242 g/mol. The summed E-state index contributed by atoms with van der Waals surface area (Å²) < 4.78 is 0. The van der Waals surface area contributed by atoms with Gasteiger partial charge in [0, 0.05) is 29.9 Å². The van der Waals surface area contributed by atoms with E-state index in [-0.39, 0.29) is 16.1 Å². The Kier molecular flexibility index (Phi) is 4.04. The summed E-state index contributed by atoms with van der Waals surface area (Å²) in [4.78, 5) is 10.3. The minimum atomic E-state index is -0.373. The third-order valence-corrected chi connectivity index (χ3v) is 3.90. The van der Waals surface area contributed by atoms with Gasteiger partial charge in [0.25, 0.3) is 5.69 Å². The molecule has 1 aromatic rings. The highest BCUT2D eigenvalue weighted by atomic mass is 16.6. The monoisotopic (exact) mass is 263 g/mol. The maximum Gasteiger partial charge on any atom is 0.269 e. The summed E-state index contributed by atoms with van der Waals surface area (Å²) in [6, 6.07) is 4.88. The van der Waals surface area contributed by atoms with Crippen molar-refractivity contribution < 1.29 is 4.92 Å². The average Bonchev–Trinajstić information content (AvgIpc) is 2.38. The van der Waals surface area contributed by atoms with E-state index in [0.717, 1.165) is 30.6 Å². The molecule has 5 nitrogen and oxygen atoms in total. The van der Waals surface area contributed by atoms with Crippen molar-refractivity contribution in [1.29, 1.82) is 0 Å². The van der Waals surface area contributed by atoms with Crippen LogP contribution in [0.4, 0.5) is 11.4 Å². The Labute approximate surface area is 113 Å². The zero-order valence-electron chi connectivity index (χ0n) is 11.3. The van der Waals surface area contributed by atoms with Crippen molar-refractivity contribution in [2.75, 3.05) is 11.9 Å². The Hall–Kier alpha value is -1.62. The fourth-order valence-corrected chi connectivity index (χ4v) is 2.66. The molecule has 1 aromatic carbocycles. The van der Waals surface area contributed by atoms with Crippen molar-refractivity contribution >= 4 is 11.4 Å². The van der Waals surface area contributed by atoms with Gasteiger partial charge in [0.05, 0.1) is 4.92 Å². The number of hydrogen-bond donors (Lipinski definition) is 2. The van der Waals surface area contributed by atoms with E-state index in [4.69, 9.17) is 5.73 Å². The second kappa shape index (κ2) is 5.57. The highest BCUT2D eigenvalue weighted by molar-refractivity contribution is 5.55. The van der Waals surface area contributed by atoms with Gasteiger partial charge in [-0.15, -0.1) is 0 Å². The van der Waals surface area contributed by atoms with Crippen LogP contribution >= 0.6 is 0 Å². The van der Waals surface area contributed by atoms with E-state index in [1.54, 1.807) is 12.1 Å². The van der Waals surface area contributed by atoms with Crippen molar-refractivity contribution in [3.63, 3.8) is 0 Å². The fourth-order valence-electron chi connectivity index (χ4n) is 2.66. The molecule has 0 amide bonds. The third-order valence-electron chi connectivity index (χ3n) is 3.90. The standard InChI is InChI=1S/C14H21N3O2/c1-11-9-12(17(18)19)5-6-13(11)16-10-14(15)7-3-2-4-8-14/h5-6,9,16H,2-4,7-8,10,15H2,1H3. The number of hydrogen-bond acceptors (Lipinski definition) is 4. The van der Waals surface area contributed by atoms with Crippen molar-refractivity contribution in [3.8, 4) is 0 Å². The van der Waals surface area contributed by atoms with Gasteiger partial charge in [-0.05, 0) is 31.4 Å². The summed E-state index contributed by atoms with van der Waals surface area (Å²) >= 11 is 0. The second-order valence-electron chi connectivity index (χ2n) is 5.53. The maximum absolute atomic E-state index is 10.7. The molecule has 0 saturated heterocycles. The summed E-state index contributed by atoms with van der Waals surface area (Å²) in [6.07, 6.45) is 5.75. The van der Waals surface area contributed by atoms with Crippen LogP contribution in [0.15, 0.2) is 18.2 Å². The number of nitro benzene ring substituents is 1. The summed E-state index contributed by atoms with van der Waals surface area (Å²) in [5.41, 5.74) is 8.17. The molecule has 0 aliphatic heterocycles. The largest absolute Gasteiger partial charge is 0.383 e. The van der Waals surface area contributed by atoms with Crippen LogP contribution in [0.2, 0.25) is 0 Å². The van der Waals surface area contributed by atoms with Crippen LogP contribution in [0.5, 0.6) is 0 Å². The Morgan fingerprint density at radius 1 is 1.37 bits per heavy atom. The Morgan fingerprint density at radius 2 is 2.05 bits per heavy atom. The minimum absolute atomic E-state index is 0.128. The van der Waals surface area contributed by atoms with Crippen molar-refractivity contribution in [2.45, 2.75) is 44.6 Å². The smallest absolute Gasteiger partial charge is 0.269 e. The number of rotatable bonds is 4. The van der Waals surface area contributed by atoms with Crippen molar-refractivity contribution in [2.24, 2.45) is 5.73 Å². The molecule has 0 radical (unpaired) electrons. The predicted octanol–water partition coefficient (Wildman–Crippen LogP) is 2.98. The topological polar surface area (TPSA) is 81.2 Å². The number of nitrogens with one attached hydrogen (secondary N) is 1. The fraction of sp³-hybridized carbons (Fsp3) is 0.571. The molecule has 0 heterocycles. The van der Waals surface area contributed by atoms with Gasteiger partial charge in [-0.2, -0.15) is 0 Å². The van der Waals surface area contributed by atoms with E-state index < -0.39 is 0 Å². The van der Waals surface area contributed by atoms with Crippen LogP contribution in [-0.4, -0.2) is 17.0 Å². The summed E-state index contributed by atoms with van der Waals surface area (Å²) in [6.45, 7) is 2.60. The van der Waals surface area contributed by atoms with Crippen molar-refractivity contribution in [1.82, 2.24) is 0 Å². The quantitative estimate of drug-likeness (QED) is 0.646. The van der Waals surface area contributed by atoms with Crippen LogP contribution in [0.25, 0.3) is 0 Å². The predicted molar refractivity (Wildman–Crippen MR) is 76.3 cm³/mol. The number of nitro groups is 1. The van der Waals surface area contributed by atoms with Gasteiger partial charge < -0.3 is 11.1 Å².